The van der Waals surface area contributed by atoms with Crippen molar-refractivity contribution in [3.63, 3.8) is 0 Å². The Labute approximate surface area is 125 Å². The topological polar surface area (TPSA) is 69.6 Å². The zero-order chi connectivity index (χ0) is 15.2. The summed E-state index contributed by atoms with van der Waals surface area (Å²) in [5, 5.41) is 11.6. The Bertz CT molecular complexity index is 516. The van der Waals surface area contributed by atoms with Crippen molar-refractivity contribution >= 4 is 12.0 Å². The molecule has 1 aromatic carbocycles. The van der Waals surface area contributed by atoms with Crippen LogP contribution in [0.4, 0.5) is 4.79 Å². The molecule has 1 aliphatic rings. The molecule has 0 fully saturated rings. The highest BCUT2D eigenvalue weighted by atomic mass is 16.4. The minimum Gasteiger partial charge on any atom is -0.481 e. The number of carboxylic acids is 1. The van der Waals surface area contributed by atoms with Gasteiger partial charge in [-0.05, 0) is 37.3 Å². The monoisotopic (exact) mass is 290 g/mol. The number of amides is 2. The number of carboxylic acid groups (broad SMARTS) is 1. The molecule has 1 aromatic rings. The molecule has 0 spiro atoms. The van der Waals surface area contributed by atoms with Crippen LogP contribution in [0.25, 0.3) is 0 Å². The lowest BCUT2D eigenvalue weighted by Gasteiger charge is -2.30. The second kappa shape index (κ2) is 7.11. The molecule has 0 aliphatic carbocycles. The van der Waals surface area contributed by atoms with E-state index in [4.69, 9.17) is 5.11 Å². The average molecular weight is 290 g/mol. The zero-order valence-electron chi connectivity index (χ0n) is 12.3. The Morgan fingerprint density at radius 2 is 2.05 bits per heavy atom. The van der Waals surface area contributed by atoms with Gasteiger partial charge in [-0.1, -0.05) is 24.3 Å². The van der Waals surface area contributed by atoms with E-state index in [0.717, 1.165) is 13.0 Å². The van der Waals surface area contributed by atoms with Crippen LogP contribution in [-0.2, 0) is 17.8 Å². The molecule has 114 valence electrons. The number of fused-ring (bicyclic) bond motifs is 1. The van der Waals surface area contributed by atoms with E-state index in [1.54, 1.807) is 0 Å². The molecule has 21 heavy (non-hydrogen) atoms. The third kappa shape index (κ3) is 4.48. The quantitative estimate of drug-likeness (QED) is 0.875. The van der Waals surface area contributed by atoms with Gasteiger partial charge in [-0.25, -0.2) is 4.79 Å². The summed E-state index contributed by atoms with van der Waals surface area (Å²) in [4.78, 5) is 24.5. The lowest BCUT2D eigenvalue weighted by molar-refractivity contribution is -0.137. The van der Waals surface area contributed by atoms with E-state index in [-0.39, 0.29) is 18.5 Å². The van der Waals surface area contributed by atoms with Gasteiger partial charge in [0.15, 0.2) is 0 Å². The largest absolute Gasteiger partial charge is 0.481 e. The van der Waals surface area contributed by atoms with Gasteiger partial charge in [0.2, 0.25) is 0 Å². The molecule has 2 rings (SSSR count). The summed E-state index contributed by atoms with van der Waals surface area (Å²) >= 11 is 0. The number of nitrogens with one attached hydrogen (secondary N) is 1. The van der Waals surface area contributed by atoms with Crippen molar-refractivity contribution in [3.8, 4) is 0 Å². The van der Waals surface area contributed by atoms with Crippen LogP contribution in [0.1, 0.15) is 37.3 Å². The number of nitrogens with zero attached hydrogens (tertiary/aromatic N) is 1. The fourth-order valence-electron chi connectivity index (χ4n) is 2.60. The maximum Gasteiger partial charge on any atom is 0.317 e. The van der Waals surface area contributed by atoms with Gasteiger partial charge in [0, 0.05) is 25.6 Å². The van der Waals surface area contributed by atoms with E-state index < -0.39 is 5.97 Å². The highest BCUT2D eigenvalue weighted by molar-refractivity contribution is 5.75. The van der Waals surface area contributed by atoms with Crippen molar-refractivity contribution in [3.05, 3.63) is 35.4 Å². The van der Waals surface area contributed by atoms with Crippen LogP contribution < -0.4 is 5.32 Å². The molecule has 0 saturated heterocycles. The van der Waals surface area contributed by atoms with Crippen molar-refractivity contribution in [2.24, 2.45) is 0 Å². The molecule has 5 nitrogen and oxygen atoms in total. The van der Waals surface area contributed by atoms with Crippen molar-refractivity contribution in [2.75, 3.05) is 6.54 Å². The maximum atomic E-state index is 12.2. The van der Waals surface area contributed by atoms with E-state index in [9.17, 15) is 9.59 Å². The summed E-state index contributed by atoms with van der Waals surface area (Å²) in [5.74, 6) is -0.791. The first-order valence-corrected chi connectivity index (χ1v) is 7.40. The molecular formula is C16H22N2O3. The van der Waals surface area contributed by atoms with Gasteiger partial charge in [-0.15, -0.1) is 0 Å². The summed E-state index contributed by atoms with van der Waals surface area (Å²) in [5.41, 5.74) is 2.52. The van der Waals surface area contributed by atoms with Gasteiger partial charge in [-0.2, -0.15) is 0 Å². The Balaban J connectivity index is 1.80. The average Bonchev–Trinajstić information content (AvgIpc) is 2.46. The standard InChI is InChI=1S/C16H22N2O3/c1-12(5-4-8-15(19)20)17-16(21)18-10-9-13-6-2-3-7-14(13)11-18/h2-3,6-7,12H,4-5,8-11H2,1H3,(H,17,21)(H,19,20). The fourth-order valence-corrected chi connectivity index (χ4v) is 2.60. The summed E-state index contributed by atoms with van der Waals surface area (Å²) < 4.78 is 0. The van der Waals surface area contributed by atoms with Crippen LogP contribution in [0, 0.1) is 0 Å². The SMILES string of the molecule is CC(CCCC(=O)O)NC(=O)N1CCc2ccccc2C1. The Morgan fingerprint density at radius 3 is 2.76 bits per heavy atom. The summed E-state index contributed by atoms with van der Waals surface area (Å²) in [6.07, 6.45) is 2.30. The summed E-state index contributed by atoms with van der Waals surface area (Å²) in [6, 6.07) is 8.12. The molecular weight excluding hydrogens is 268 g/mol. The van der Waals surface area contributed by atoms with E-state index in [2.05, 4.69) is 17.4 Å². The molecule has 1 atom stereocenters. The number of hydrogen-bond acceptors (Lipinski definition) is 2. The third-order valence-corrected chi connectivity index (χ3v) is 3.82. The van der Waals surface area contributed by atoms with Gasteiger partial charge in [0.1, 0.15) is 0 Å². The van der Waals surface area contributed by atoms with Gasteiger partial charge in [-0.3, -0.25) is 4.79 Å². The lowest BCUT2D eigenvalue weighted by Crippen LogP contribution is -2.45. The minimum atomic E-state index is -0.791. The van der Waals surface area contributed by atoms with Crippen LogP contribution in [-0.4, -0.2) is 34.6 Å². The maximum absolute atomic E-state index is 12.2. The highest BCUT2D eigenvalue weighted by Gasteiger charge is 2.21. The molecule has 0 saturated carbocycles. The second-order valence-corrected chi connectivity index (χ2v) is 5.58. The van der Waals surface area contributed by atoms with Crippen molar-refractivity contribution in [1.29, 1.82) is 0 Å². The van der Waals surface area contributed by atoms with Crippen LogP contribution in [0.2, 0.25) is 0 Å². The number of carbonyl (C=O) groups excluding carboxylic acids is 1. The fraction of sp³-hybridized carbons (Fsp3) is 0.500. The van der Waals surface area contributed by atoms with Gasteiger partial charge in [0.25, 0.3) is 0 Å². The van der Waals surface area contributed by atoms with Gasteiger partial charge >= 0.3 is 12.0 Å². The minimum absolute atomic E-state index is 0.00554. The number of rotatable bonds is 5. The predicted octanol–water partition coefficient (Wildman–Crippen LogP) is 2.40. The first kappa shape index (κ1) is 15.4. The van der Waals surface area contributed by atoms with Crippen LogP contribution in [0.15, 0.2) is 24.3 Å². The molecule has 2 N–H and O–H groups in total. The van der Waals surface area contributed by atoms with Gasteiger partial charge < -0.3 is 15.3 Å². The first-order chi connectivity index (χ1) is 10.1. The van der Waals surface area contributed by atoms with Crippen molar-refractivity contribution < 1.29 is 14.7 Å². The number of carbonyl (C=O) groups is 2. The molecule has 0 bridgehead atoms. The van der Waals surface area contributed by atoms with Crippen LogP contribution in [0.3, 0.4) is 0 Å². The van der Waals surface area contributed by atoms with E-state index in [0.29, 0.717) is 19.4 Å². The Morgan fingerprint density at radius 1 is 1.33 bits per heavy atom. The highest BCUT2D eigenvalue weighted by Crippen LogP contribution is 2.18. The first-order valence-electron chi connectivity index (χ1n) is 7.40. The number of urea groups is 1. The number of hydrogen-bond donors (Lipinski definition) is 2. The molecule has 0 aromatic heterocycles. The molecule has 1 aliphatic heterocycles. The molecule has 1 heterocycles. The van der Waals surface area contributed by atoms with Crippen molar-refractivity contribution in [1.82, 2.24) is 10.2 Å². The lowest BCUT2D eigenvalue weighted by atomic mass is 10.0. The Hall–Kier alpha value is -2.04. The van der Waals surface area contributed by atoms with Crippen LogP contribution in [0.5, 0.6) is 0 Å². The van der Waals surface area contributed by atoms with E-state index >= 15 is 0 Å². The summed E-state index contributed by atoms with van der Waals surface area (Å²) in [7, 11) is 0. The molecule has 2 amide bonds. The Kier molecular flexibility index (Phi) is 5.20. The normalized spacial score (nSPS) is 15.2. The van der Waals surface area contributed by atoms with Gasteiger partial charge in [0.05, 0.1) is 0 Å². The molecule has 1 unspecified atom stereocenters. The smallest absolute Gasteiger partial charge is 0.317 e. The number of benzene rings is 1. The third-order valence-electron chi connectivity index (χ3n) is 3.82. The predicted molar refractivity (Wildman–Crippen MR) is 80.0 cm³/mol. The molecule has 0 radical (unpaired) electrons. The second-order valence-electron chi connectivity index (χ2n) is 5.58. The van der Waals surface area contributed by atoms with Crippen LogP contribution >= 0.6 is 0 Å². The molecule has 5 heteroatoms. The summed E-state index contributed by atoms with van der Waals surface area (Å²) in [6.45, 7) is 3.28. The number of aliphatic carboxylic acids is 1. The zero-order valence-corrected chi connectivity index (χ0v) is 12.3. The van der Waals surface area contributed by atoms with E-state index in [1.165, 1.54) is 11.1 Å². The van der Waals surface area contributed by atoms with Crippen molar-refractivity contribution in [2.45, 2.75) is 45.2 Å². The van der Waals surface area contributed by atoms with E-state index in [1.807, 2.05) is 24.0 Å².